The molecule has 0 saturated heterocycles. The third kappa shape index (κ3) is 4.64. The second-order valence-corrected chi connectivity index (χ2v) is 3.63. The molecule has 3 heteroatoms. The van der Waals surface area contributed by atoms with E-state index in [0.29, 0.717) is 0 Å². The Morgan fingerprint density at radius 2 is 2.00 bits per heavy atom. The van der Waals surface area contributed by atoms with Gasteiger partial charge in [-0.3, -0.25) is 0 Å². The Bertz CT molecular complexity index is 289. The second kappa shape index (κ2) is 8.13. The maximum absolute atomic E-state index is 5.67. The summed E-state index contributed by atoms with van der Waals surface area (Å²) in [7, 11) is 1.71. The van der Waals surface area contributed by atoms with Crippen LogP contribution < -0.4 is 10.1 Å². The zero-order chi connectivity index (χ0) is 11.6. The molecule has 0 aliphatic carbocycles. The predicted octanol–water partition coefficient (Wildman–Crippen LogP) is 2.21. The maximum Gasteiger partial charge on any atom is 0.123 e. The highest BCUT2D eigenvalue weighted by molar-refractivity contribution is 5.33. The molecule has 0 fully saturated rings. The van der Waals surface area contributed by atoms with Crippen molar-refractivity contribution < 1.29 is 9.47 Å². The minimum absolute atomic E-state index is 0.734. The van der Waals surface area contributed by atoms with Crippen molar-refractivity contribution in [2.45, 2.75) is 19.9 Å². The first-order valence-corrected chi connectivity index (χ1v) is 5.78. The summed E-state index contributed by atoms with van der Waals surface area (Å²) < 4.78 is 10.7. The molecule has 0 unspecified atom stereocenters. The van der Waals surface area contributed by atoms with E-state index in [4.69, 9.17) is 9.47 Å². The van der Waals surface area contributed by atoms with Gasteiger partial charge in [0.05, 0.1) is 13.2 Å². The van der Waals surface area contributed by atoms with Gasteiger partial charge < -0.3 is 14.8 Å². The van der Waals surface area contributed by atoms with Gasteiger partial charge in [-0.05, 0) is 12.5 Å². The second-order valence-electron chi connectivity index (χ2n) is 3.63. The van der Waals surface area contributed by atoms with Crippen molar-refractivity contribution in [3.8, 4) is 5.75 Å². The van der Waals surface area contributed by atoms with Crippen LogP contribution in [0.15, 0.2) is 24.3 Å². The number of para-hydroxylation sites is 1. The molecule has 0 saturated carbocycles. The monoisotopic (exact) mass is 223 g/mol. The van der Waals surface area contributed by atoms with E-state index in [1.165, 1.54) is 5.56 Å². The molecule has 90 valence electrons. The molecule has 0 spiro atoms. The number of benzene rings is 1. The zero-order valence-corrected chi connectivity index (χ0v) is 10.2. The van der Waals surface area contributed by atoms with Crippen LogP contribution in [0.3, 0.4) is 0 Å². The van der Waals surface area contributed by atoms with Crippen LogP contribution in [0.5, 0.6) is 5.75 Å². The van der Waals surface area contributed by atoms with E-state index in [2.05, 4.69) is 18.3 Å². The van der Waals surface area contributed by atoms with Gasteiger partial charge in [-0.15, -0.1) is 0 Å². The largest absolute Gasteiger partial charge is 0.493 e. The summed E-state index contributed by atoms with van der Waals surface area (Å²) in [6.45, 7) is 5.30. The first-order chi connectivity index (χ1) is 7.88. The number of hydrogen-bond acceptors (Lipinski definition) is 3. The third-order valence-electron chi connectivity index (χ3n) is 2.23. The van der Waals surface area contributed by atoms with Crippen LogP contribution in [0.2, 0.25) is 0 Å². The van der Waals surface area contributed by atoms with Crippen molar-refractivity contribution in [3.63, 3.8) is 0 Å². The fourth-order valence-electron chi connectivity index (χ4n) is 1.40. The fourth-order valence-corrected chi connectivity index (χ4v) is 1.40. The van der Waals surface area contributed by atoms with Crippen LogP contribution in [0.25, 0.3) is 0 Å². The zero-order valence-electron chi connectivity index (χ0n) is 10.2. The smallest absolute Gasteiger partial charge is 0.123 e. The molecule has 3 nitrogen and oxygen atoms in total. The van der Waals surface area contributed by atoms with Crippen LogP contribution in [0.1, 0.15) is 18.9 Å². The van der Waals surface area contributed by atoms with E-state index in [-0.39, 0.29) is 0 Å². The highest BCUT2D eigenvalue weighted by Gasteiger charge is 2.01. The predicted molar refractivity (Wildman–Crippen MR) is 65.8 cm³/mol. The van der Waals surface area contributed by atoms with Crippen LogP contribution >= 0.6 is 0 Å². The third-order valence-corrected chi connectivity index (χ3v) is 2.23. The van der Waals surface area contributed by atoms with Gasteiger partial charge in [0, 0.05) is 25.8 Å². The Balaban J connectivity index is 2.43. The topological polar surface area (TPSA) is 30.5 Å². The molecule has 16 heavy (non-hydrogen) atoms. The van der Waals surface area contributed by atoms with Crippen molar-refractivity contribution in [2.75, 3.05) is 26.9 Å². The van der Waals surface area contributed by atoms with Crippen molar-refractivity contribution in [2.24, 2.45) is 0 Å². The summed E-state index contributed by atoms with van der Waals surface area (Å²) in [5.41, 5.74) is 1.20. The van der Waals surface area contributed by atoms with Gasteiger partial charge in [0.15, 0.2) is 0 Å². The minimum Gasteiger partial charge on any atom is -0.493 e. The number of nitrogens with one attached hydrogen (secondary N) is 1. The van der Waals surface area contributed by atoms with Gasteiger partial charge in [-0.25, -0.2) is 0 Å². The van der Waals surface area contributed by atoms with Crippen molar-refractivity contribution in [3.05, 3.63) is 29.8 Å². The summed E-state index contributed by atoms with van der Waals surface area (Å²) in [4.78, 5) is 0. The van der Waals surface area contributed by atoms with Crippen LogP contribution in [-0.2, 0) is 11.3 Å². The Labute approximate surface area is 97.8 Å². The summed E-state index contributed by atoms with van der Waals surface area (Å²) in [6, 6.07) is 8.14. The Morgan fingerprint density at radius 1 is 1.19 bits per heavy atom. The van der Waals surface area contributed by atoms with Crippen molar-refractivity contribution >= 4 is 0 Å². The first kappa shape index (κ1) is 13.0. The van der Waals surface area contributed by atoms with E-state index in [1.807, 2.05) is 18.2 Å². The average molecular weight is 223 g/mol. The first-order valence-electron chi connectivity index (χ1n) is 5.78. The molecule has 0 radical (unpaired) electrons. The molecule has 0 amide bonds. The number of rotatable bonds is 8. The summed E-state index contributed by atoms with van der Waals surface area (Å²) in [6.07, 6.45) is 1.03. The van der Waals surface area contributed by atoms with Gasteiger partial charge in [0.1, 0.15) is 5.75 Å². The minimum atomic E-state index is 0.734. The van der Waals surface area contributed by atoms with Crippen LogP contribution in [0.4, 0.5) is 0 Å². The van der Waals surface area contributed by atoms with Crippen molar-refractivity contribution in [1.29, 1.82) is 0 Å². The fraction of sp³-hybridized carbons (Fsp3) is 0.538. The lowest BCUT2D eigenvalue weighted by Crippen LogP contribution is -2.19. The summed E-state index contributed by atoms with van der Waals surface area (Å²) in [5.74, 6) is 0.981. The highest BCUT2D eigenvalue weighted by Crippen LogP contribution is 2.17. The van der Waals surface area contributed by atoms with Gasteiger partial charge in [-0.2, -0.15) is 0 Å². The number of hydrogen-bond donors (Lipinski definition) is 1. The highest BCUT2D eigenvalue weighted by atomic mass is 16.5. The van der Waals surface area contributed by atoms with E-state index < -0.39 is 0 Å². The molecule has 1 aromatic rings. The Hall–Kier alpha value is -1.06. The molecule has 0 aliphatic rings. The molecule has 1 aromatic carbocycles. The van der Waals surface area contributed by atoms with E-state index in [0.717, 1.165) is 38.5 Å². The molecule has 0 aromatic heterocycles. The molecule has 0 heterocycles. The SMILES string of the molecule is CCCOc1ccccc1CNCCOC. The van der Waals surface area contributed by atoms with Gasteiger partial charge in [0.25, 0.3) is 0 Å². The Kier molecular flexibility index (Phi) is 6.61. The molecule has 0 atom stereocenters. The van der Waals surface area contributed by atoms with Crippen LogP contribution in [0, 0.1) is 0 Å². The Morgan fingerprint density at radius 3 is 2.75 bits per heavy atom. The molecule has 1 N–H and O–H groups in total. The van der Waals surface area contributed by atoms with E-state index in [1.54, 1.807) is 7.11 Å². The lowest BCUT2D eigenvalue weighted by molar-refractivity contribution is 0.199. The lowest BCUT2D eigenvalue weighted by atomic mass is 10.2. The molecular formula is C13H21NO2. The standard InChI is InChI=1S/C13H21NO2/c1-3-9-16-13-7-5-4-6-12(13)11-14-8-10-15-2/h4-7,14H,3,8-11H2,1-2H3. The van der Waals surface area contributed by atoms with Gasteiger partial charge >= 0.3 is 0 Å². The molecule has 0 aliphatic heterocycles. The van der Waals surface area contributed by atoms with Gasteiger partial charge in [0.2, 0.25) is 0 Å². The quantitative estimate of drug-likeness (QED) is 0.685. The molecule has 1 rings (SSSR count). The molecule has 0 bridgehead atoms. The molecular weight excluding hydrogens is 202 g/mol. The van der Waals surface area contributed by atoms with Gasteiger partial charge in [-0.1, -0.05) is 25.1 Å². The normalized spacial score (nSPS) is 10.4. The average Bonchev–Trinajstić information content (AvgIpc) is 2.33. The van der Waals surface area contributed by atoms with E-state index >= 15 is 0 Å². The van der Waals surface area contributed by atoms with Crippen molar-refractivity contribution in [1.82, 2.24) is 5.32 Å². The summed E-state index contributed by atoms with van der Waals surface area (Å²) >= 11 is 0. The van der Waals surface area contributed by atoms with Crippen LogP contribution in [-0.4, -0.2) is 26.9 Å². The number of ether oxygens (including phenoxy) is 2. The number of methoxy groups -OCH3 is 1. The lowest BCUT2D eigenvalue weighted by Gasteiger charge is -2.11. The van der Waals surface area contributed by atoms with E-state index in [9.17, 15) is 0 Å². The summed E-state index contributed by atoms with van der Waals surface area (Å²) in [5, 5.41) is 3.31. The maximum atomic E-state index is 5.67.